The highest BCUT2D eigenvalue weighted by molar-refractivity contribution is 9.10. The highest BCUT2D eigenvalue weighted by Gasteiger charge is 2.13. The number of carbonyl (C=O) groups is 2. The van der Waals surface area contributed by atoms with Gasteiger partial charge in [0.2, 0.25) is 5.89 Å². The van der Waals surface area contributed by atoms with E-state index < -0.39 is 12.1 Å². The molecule has 0 bridgehead atoms. The van der Waals surface area contributed by atoms with Crippen LogP contribution in [-0.2, 0) is 28.9 Å². The fourth-order valence-electron chi connectivity index (χ4n) is 3.44. The summed E-state index contributed by atoms with van der Waals surface area (Å²) in [6, 6.07) is 13.2. The van der Waals surface area contributed by atoms with Gasteiger partial charge in [-0.15, -0.1) is 0 Å². The number of alkyl carbamates (subject to hydrolysis) is 1. The van der Waals surface area contributed by atoms with E-state index >= 15 is 0 Å². The number of oxazole rings is 1. The molecule has 0 aliphatic rings. The molecule has 0 saturated heterocycles. The zero-order chi connectivity index (χ0) is 25.4. The first-order valence-electron chi connectivity index (χ1n) is 11.3. The van der Waals surface area contributed by atoms with Crippen LogP contribution in [0.25, 0.3) is 11.5 Å². The van der Waals surface area contributed by atoms with E-state index in [-0.39, 0.29) is 19.1 Å². The van der Waals surface area contributed by atoms with Crippen LogP contribution in [0.1, 0.15) is 42.8 Å². The second-order valence-electron chi connectivity index (χ2n) is 8.26. The molecule has 9 heteroatoms. The van der Waals surface area contributed by atoms with Crippen molar-refractivity contribution in [3.63, 3.8) is 0 Å². The third-order valence-electron chi connectivity index (χ3n) is 5.12. The van der Waals surface area contributed by atoms with Crippen LogP contribution in [0.2, 0.25) is 0 Å². The lowest BCUT2D eigenvalue weighted by atomic mass is 10.0. The molecule has 1 heterocycles. The number of aromatic nitrogens is 1. The molecule has 8 nitrogen and oxygen atoms in total. The Labute approximate surface area is 212 Å². The Hall–Kier alpha value is -3.33. The highest BCUT2D eigenvalue weighted by Crippen LogP contribution is 2.25. The van der Waals surface area contributed by atoms with E-state index in [1.165, 1.54) is 0 Å². The zero-order valence-corrected chi connectivity index (χ0v) is 21.6. The average Bonchev–Trinajstić information content (AvgIpc) is 3.17. The first kappa shape index (κ1) is 26.3. The molecule has 1 amide bonds. The summed E-state index contributed by atoms with van der Waals surface area (Å²) in [7, 11) is 0. The quantitative estimate of drug-likeness (QED) is 0.319. The second kappa shape index (κ2) is 12.4. The molecule has 2 aromatic carbocycles. The SMILES string of the molecule is Cc1oc(-c2cccc(Br)c2)nc1CCOc1ccc(CCC(=O)O)c(CNC(=O)OC(C)C)c1. The number of nitrogens with one attached hydrogen (secondary N) is 1. The van der Waals surface area contributed by atoms with Crippen LogP contribution in [0, 0.1) is 6.92 Å². The Bertz CT molecular complexity index is 1170. The molecule has 3 rings (SSSR count). The number of carbonyl (C=O) groups excluding carboxylic acids is 1. The van der Waals surface area contributed by atoms with Crippen LogP contribution in [0.15, 0.2) is 51.4 Å². The number of halogens is 1. The van der Waals surface area contributed by atoms with E-state index in [1.807, 2.05) is 43.3 Å². The molecule has 0 saturated carbocycles. The minimum absolute atomic E-state index is 0.00456. The Balaban J connectivity index is 1.65. The van der Waals surface area contributed by atoms with E-state index in [0.29, 0.717) is 31.1 Å². The summed E-state index contributed by atoms with van der Waals surface area (Å²) in [5.74, 6) is 1.03. The lowest BCUT2D eigenvalue weighted by Crippen LogP contribution is -2.26. The number of carboxylic acid groups (broad SMARTS) is 1. The molecule has 0 atom stereocenters. The lowest BCUT2D eigenvalue weighted by molar-refractivity contribution is -0.136. The zero-order valence-electron chi connectivity index (χ0n) is 20.0. The number of rotatable bonds is 11. The minimum Gasteiger partial charge on any atom is -0.493 e. The van der Waals surface area contributed by atoms with Gasteiger partial charge in [-0.1, -0.05) is 28.1 Å². The van der Waals surface area contributed by atoms with Gasteiger partial charge >= 0.3 is 12.1 Å². The maximum Gasteiger partial charge on any atom is 0.407 e. The van der Waals surface area contributed by atoms with Crippen molar-refractivity contribution in [2.45, 2.75) is 52.7 Å². The van der Waals surface area contributed by atoms with Gasteiger partial charge in [0.1, 0.15) is 11.5 Å². The van der Waals surface area contributed by atoms with Gasteiger partial charge in [-0.05, 0) is 68.7 Å². The summed E-state index contributed by atoms with van der Waals surface area (Å²) >= 11 is 3.46. The Morgan fingerprint density at radius 1 is 1.14 bits per heavy atom. The number of hydrogen-bond donors (Lipinski definition) is 2. The summed E-state index contributed by atoms with van der Waals surface area (Å²) in [5.41, 5.74) is 3.31. The molecule has 1 aromatic heterocycles. The van der Waals surface area contributed by atoms with Crippen LogP contribution in [0.5, 0.6) is 5.75 Å². The van der Waals surface area contributed by atoms with Gasteiger partial charge in [-0.25, -0.2) is 9.78 Å². The molecule has 2 N–H and O–H groups in total. The van der Waals surface area contributed by atoms with Crippen molar-refractivity contribution in [1.29, 1.82) is 0 Å². The topological polar surface area (TPSA) is 111 Å². The van der Waals surface area contributed by atoms with Gasteiger partial charge in [0, 0.05) is 29.4 Å². The fraction of sp³-hybridized carbons (Fsp3) is 0.346. The summed E-state index contributed by atoms with van der Waals surface area (Å²) in [6.07, 6.45) is 0.134. The van der Waals surface area contributed by atoms with Gasteiger partial charge in [0.25, 0.3) is 0 Å². The summed E-state index contributed by atoms with van der Waals surface area (Å²) < 4.78 is 17.8. The predicted molar refractivity (Wildman–Crippen MR) is 134 cm³/mol. The van der Waals surface area contributed by atoms with Crippen LogP contribution >= 0.6 is 15.9 Å². The average molecular weight is 545 g/mol. The predicted octanol–water partition coefficient (Wildman–Crippen LogP) is 5.69. The van der Waals surface area contributed by atoms with E-state index in [4.69, 9.17) is 19.0 Å². The monoisotopic (exact) mass is 544 g/mol. The second-order valence-corrected chi connectivity index (χ2v) is 9.18. The number of hydrogen-bond acceptors (Lipinski definition) is 6. The lowest BCUT2D eigenvalue weighted by Gasteiger charge is -2.14. The molecular weight excluding hydrogens is 516 g/mol. The molecule has 0 spiro atoms. The van der Waals surface area contributed by atoms with Crippen molar-refractivity contribution in [3.05, 3.63) is 69.5 Å². The Morgan fingerprint density at radius 3 is 2.66 bits per heavy atom. The highest BCUT2D eigenvalue weighted by atomic mass is 79.9. The summed E-state index contributed by atoms with van der Waals surface area (Å²) in [5, 5.41) is 11.7. The third-order valence-corrected chi connectivity index (χ3v) is 5.62. The Morgan fingerprint density at radius 2 is 1.94 bits per heavy atom. The molecular formula is C26H29BrN2O6. The van der Waals surface area contributed by atoms with Crippen LogP contribution < -0.4 is 10.1 Å². The van der Waals surface area contributed by atoms with Crippen LogP contribution in [0.4, 0.5) is 4.79 Å². The van der Waals surface area contributed by atoms with E-state index in [0.717, 1.165) is 32.6 Å². The van der Waals surface area contributed by atoms with Crippen molar-refractivity contribution in [2.75, 3.05) is 6.61 Å². The maximum atomic E-state index is 11.9. The molecule has 0 fully saturated rings. The number of amides is 1. The number of aryl methyl sites for hydroxylation is 2. The standard InChI is InChI=1S/C26H29BrN2O6/c1-16(2)34-26(32)28-15-20-14-22(9-7-18(20)8-10-24(30)31)33-12-11-23-17(3)35-25(29-23)19-5-4-6-21(27)13-19/h4-7,9,13-14,16H,8,10-12,15H2,1-3H3,(H,28,32)(H,30,31). The van der Waals surface area contributed by atoms with Gasteiger partial charge in [-0.2, -0.15) is 0 Å². The molecule has 0 aliphatic carbocycles. The minimum atomic E-state index is -0.881. The van der Waals surface area contributed by atoms with Crippen LogP contribution in [-0.4, -0.2) is 34.9 Å². The molecule has 186 valence electrons. The van der Waals surface area contributed by atoms with E-state index in [2.05, 4.69) is 26.2 Å². The van der Waals surface area contributed by atoms with Crippen molar-refractivity contribution in [3.8, 4) is 17.2 Å². The summed E-state index contributed by atoms with van der Waals surface area (Å²) in [6.45, 7) is 5.99. The first-order valence-corrected chi connectivity index (χ1v) is 12.1. The van der Waals surface area contributed by atoms with Gasteiger partial charge < -0.3 is 24.3 Å². The maximum absolute atomic E-state index is 11.9. The number of ether oxygens (including phenoxy) is 2. The normalized spacial score (nSPS) is 10.9. The van der Waals surface area contributed by atoms with Crippen molar-refractivity contribution in [2.24, 2.45) is 0 Å². The number of benzene rings is 2. The number of nitrogens with zero attached hydrogens (tertiary/aromatic N) is 1. The van der Waals surface area contributed by atoms with E-state index in [9.17, 15) is 9.59 Å². The number of carboxylic acids is 1. The molecule has 35 heavy (non-hydrogen) atoms. The third kappa shape index (κ3) is 8.13. The van der Waals surface area contributed by atoms with E-state index in [1.54, 1.807) is 19.9 Å². The largest absolute Gasteiger partial charge is 0.493 e. The molecule has 0 aliphatic heterocycles. The molecule has 0 unspecified atom stereocenters. The molecule has 3 aromatic rings. The van der Waals surface area contributed by atoms with Gasteiger partial charge in [-0.3, -0.25) is 4.79 Å². The summed E-state index contributed by atoms with van der Waals surface area (Å²) in [4.78, 5) is 27.5. The Kier molecular flexibility index (Phi) is 9.31. The van der Waals surface area contributed by atoms with Crippen LogP contribution in [0.3, 0.4) is 0 Å². The van der Waals surface area contributed by atoms with Crippen molar-refractivity contribution < 1.29 is 28.6 Å². The van der Waals surface area contributed by atoms with Gasteiger partial charge in [0.15, 0.2) is 0 Å². The number of aliphatic carboxylic acids is 1. The fourth-order valence-corrected chi connectivity index (χ4v) is 3.84. The smallest absolute Gasteiger partial charge is 0.407 e. The molecule has 0 radical (unpaired) electrons. The van der Waals surface area contributed by atoms with Gasteiger partial charge in [0.05, 0.1) is 18.4 Å². The first-order chi connectivity index (χ1) is 16.7. The van der Waals surface area contributed by atoms with Crippen molar-refractivity contribution >= 4 is 28.0 Å². The van der Waals surface area contributed by atoms with Crippen molar-refractivity contribution in [1.82, 2.24) is 10.3 Å².